The van der Waals surface area contributed by atoms with Gasteiger partial charge in [0, 0.05) is 17.3 Å². The average Bonchev–Trinajstić information content (AvgIpc) is 2.21. The van der Waals surface area contributed by atoms with Crippen LogP contribution in [0.2, 0.25) is 5.02 Å². The van der Waals surface area contributed by atoms with E-state index in [9.17, 15) is 0 Å². The summed E-state index contributed by atoms with van der Waals surface area (Å²) in [7, 11) is 0. The van der Waals surface area contributed by atoms with Crippen LogP contribution in [-0.4, -0.2) is 18.6 Å². The summed E-state index contributed by atoms with van der Waals surface area (Å²) in [4.78, 5) is 0. The van der Waals surface area contributed by atoms with E-state index in [1.807, 2.05) is 36.0 Å². The van der Waals surface area contributed by atoms with Crippen LogP contribution in [0, 0.1) is 0 Å². The fraction of sp³-hybridized carbons (Fsp3) is 0.455. The Labute approximate surface area is 95.2 Å². The van der Waals surface area contributed by atoms with Gasteiger partial charge in [-0.1, -0.05) is 11.6 Å². The molecule has 0 saturated carbocycles. The van der Waals surface area contributed by atoms with Gasteiger partial charge in [-0.05, 0) is 49.1 Å². The second kappa shape index (κ2) is 7.02. The van der Waals surface area contributed by atoms with Crippen molar-refractivity contribution in [2.24, 2.45) is 0 Å². The lowest BCUT2D eigenvalue weighted by Gasteiger charge is -2.05. The molecule has 0 amide bonds. The van der Waals surface area contributed by atoms with E-state index in [0.717, 1.165) is 17.3 Å². The quantitative estimate of drug-likeness (QED) is 0.743. The number of hydrogen-bond donors (Lipinski definition) is 1. The number of thioether (sulfide) groups is 1. The van der Waals surface area contributed by atoms with Gasteiger partial charge in [-0.2, -0.15) is 11.8 Å². The van der Waals surface area contributed by atoms with Crippen LogP contribution < -0.4 is 5.32 Å². The van der Waals surface area contributed by atoms with Gasteiger partial charge in [-0.25, -0.2) is 0 Å². The van der Waals surface area contributed by atoms with Gasteiger partial charge in [-0.3, -0.25) is 0 Å². The lowest BCUT2D eigenvalue weighted by molar-refractivity contribution is 0.843. The number of anilines is 1. The first-order valence-electron chi connectivity index (χ1n) is 4.81. The molecule has 14 heavy (non-hydrogen) atoms. The van der Waals surface area contributed by atoms with Gasteiger partial charge in [0.2, 0.25) is 0 Å². The van der Waals surface area contributed by atoms with E-state index in [-0.39, 0.29) is 0 Å². The minimum atomic E-state index is 0.790. The highest BCUT2D eigenvalue weighted by molar-refractivity contribution is 7.98. The van der Waals surface area contributed by atoms with Crippen molar-refractivity contribution in [3.8, 4) is 0 Å². The molecule has 1 aromatic carbocycles. The summed E-state index contributed by atoms with van der Waals surface area (Å²) in [5, 5.41) is 4.15. The van der Waals surface area contributed by atoms with Crippen molar-refractivity contribution in [3.63, 3.8) is 0 Å². The van der Waals surface area contributed by atoms with E-state index >= 15 is 0 Å². The zero-order chi connectivity index (χ0) is 10.2. The molecule has 0 unspecified atom stereocenters. The van der Waals surface area contributed by atoms with E-state index < -0.39 is 0 Å². The van der Waals surface area contributed by atoms with Crippen molar-refractivity contribution in [3.05, 3.63) is 29.3 Å². The molecule has 78 valence electrons. The smallest absolute Gasteiger partial charge is 0.0407 e. The molecule has 1 N–H and O–H groups in total. The van der Waals surface area contributed by atoms with Crippen LogP contribution in [-0.2, 0) is 0 Å². The van der Waals surface area contributed by atoms with Gasteiger partial charge < -0.3 is 5.32 Å². The van der Waals surface area contributed by atoms with E-state index in [1.54, 1.807) is 0 Å². The maximum absolute atomic E-state index is 5.78. The summed E-state index contributed by atoms with van der Waals surface area (Å²) in [6.45, 7) is 1.04. The summed E-state index contributed by atoms with van der Waals surface area (Å²) in [5.74, 6) is 1.25. The first-order valence-corrected chi connectivity index (χ1v) is 6.58. The molecule has 1 aromatic rings. The Morgan fingerprint density at radius 1 is 1.21 bits per heavy atom. The topological polar surface area (TPSA) is 12.0 Å². The number of nitrogens with one attached hydrogen (secondary N) is 1. The zero-order valence-corrected chi connectivity index (χ0v) is 10.00. The first-order chi connectivity index (χ1) is 6.83. The van der Waals surface area contributed by atoms with Crippen molar-refractivity contribution in [1.29, 1.82) is 0 Å². The Morgan fingerprint density at radius 2 is 1.93 bits per heavy atom. The Kier molecular flexibility index (Phi) is 5.88. The van der Waals surface area contributed by atoms with Crippen molar-refractivity contribution in [2.45, 2.75) is 12.8 Å². The molecule has 1 rings (SSSR count). The normalized spacial score (nSPS) is 10.1. The predicted molar refractivity (Wildman–Crippen MR) is 67.6 cm³/mol. The van der Waals surface area contributed by atoms with Crippen molar-refractivity contribution >= 4 is 29.1 Å². The van der Waals surface area contributed by atoms with E-state index in [0.29, 0.717) is 0 Å². The molecule has 3 heteroatoms. The third-order valence-electron chi connectivity index (χ3n) is 1.95. The summed E-state index contributed by atoms with van der Waals surface area (Å²) in [5.41, 5.74) is 1.15. The van der Waals surface area contributed by atoms with Gasteiger partial charge in [0.1, 0.15) is 0 Å². The van der Waals surface area contributed by atoms with Gasteiger partial charge in [0.25, 0.3) is 0 Å². The number of unbranched alkanes of at least 4 members (excludes halogenated alkanes) is 1. The highest BCUT2D eigenvalue weighted by atomic mass is 35.5. The fourth-order valence-electron chi connectivity index (χ4n) is 1.17. The number of hydrogen-bond acceptors (Lipinski definition) is 2. The van der Waals surface area contributed by atoms with Crippen LogP contribution >= 0.6 is 23.4 Å². The molecule has 0 heterocycles. The van der Waals surface area contributed by atoms with Crippen LogP contribution in [0.15, 0.2) is 24.3 Å². The molecule has 0 saturated heterocycles. The van der Waals surface area contributed by atoms with Gasteiger partial charge in [0.15, 0.2) is 0 Å². The predicted octanol–water partition coefficient (Wildman–Crippen LogP) is 3.90. The standard InChI is InChI=1S/C11H16ClNS/c1-14-9-3-2-8-13-11-6-4-10(12)5-7-11/h4-7,13H,2-3,8-9H2,1H3. The Morgan fingerprint density at radius 3 is 2.57 bits per heavy atom. The van der Waals surface area contributed by atoms with Crippen molar-refractivity contribution in [2.75, 3.05) is 23.9 Å². The summed E-state index contributed by atoms with van der Waals surface area (Å²) in [6, 6.07) is 7.84. The fourth-order valence-corrected chi connectivity index (χ4v) is 1.79. The molecular weight excluding hydrogens is 214 g/mol. The highest BCUT2D eigenvalue weighted by Crippen LogP contribution is 2.13. The second-order valence-corrected chi connectivity index (χ2v) is 4.56. The molecule has 0 aliphatic carbocycles. The minimum Gasteiger partial charge on any atom is -0.385 e. The third-order valence-corrected chi connectivity index (χ3v) is 2.90. The van der Waals surface area contributed by atoms with Crippen LogP contribution in [0.4, 0.5) is 5.69 Å². The lowest BCUT2D eigenvalue weighted by atomic mass is 10.3. The maximum Gasteiger partial charge on any atom is 0.0407 e. The minimum absolute atomic E-state index is 0.790. The summed E-state index contributed by atoms with van der Waals surface area (Å²) >= 11 is 7.69. The second-order valence-electron chi connectivity index (χ2n) is 3.13. The largest absolute Gasteiger partial charge is 0.385 e. The van der Waals surface area contributed by atoms with E-state index in [4.69, 9.17) is 11.6 Å². The summed E-state index contributed by atoms with van der Waals surface area (Å²) < 4.78 is 0. The zero-order valence-electron chi connectivity index (χ0n) is 8.42. The SMILES string of the molecule is CSCCCCNc1ccc(Cl)cc1. The molecule has 0 aromatic heterocycles. The number of halogens is 1. The van der Waals surface area contributed by atoms with Crippen LogP contribution in [0.1, 0.15) is 12.8 Å². The highest BCUT2D eigenvalue weighted by Gasteiger charge is 1.91. The van der Waals surface area contributed by atoms with E-state index in [1.165, 1.54) is 18.6 Å². The van der Waals surface area contributed by atoms with Gasteiger partial charge >= 0.3 is 0 Å². The van der Waals surface area contributed by atoms with Gasteiger partial charge in [0.05, 0.1) is 0 Å². The van der Waals surface area contributed by atoms with Gasteiger partial charge in [-0.15, -0.1) is 0 Å². The van der Waals surface area contributed by atoms with Crippen molar-refractivity contribution in [1.82, 2.24) is 0 Å². The Hall–Kier alpha value is -0.340. The van der Waals surface area contributed by atoms with Crippen LogP contribution in [0.3, 0.4) is 0 Å². The molecule has 0 aliphatic heterocycles. The lowest BCUT2D eigenvalue weighted by Crippen LogP contribution is -2.01. The molecular formula is C11H16ClNS. The van der Waals surface area contributed by atoms with E-state index in [2.05, 4.69) is 11.6 Å². The van der Waals surface area contributed by atoms with Crippen molar-refractivity contribution < 1.29 is 0 Å². The monoisotopic (exact) mass is 229 g/mol. The molecule has 0 atom stereocenters. The molecule has 0 spiro atoms. The Bertz CT molecular complexity index is 248. The van der Waals surface area contributed by atoms with Crippen LogP contribution in [0.5, 0.6) is 0 Å². The number of rotatable bonds is 6. The molecule has 1 nitrogen and oxygen atoms in total. The molecule has 0 radical (unpaired) electrons. The molecule has 0 fully saturated rings. The third kappa shape index (κ3) is 4.77. The molecule has 0 aliphatic rings. The van der Waals surface area contributed by atoms with Crippen LogP contribution in [0.25, 0.3) is 0 Å². The average molecular weight is 230 g/mol. The molecule has 0 bridgehead atoms. The first kappa shape index (κ1) is 11.7. The maximum atomic E-state index is 5.78. The Balaban J connectivity index is 2.15. The summed E-state index contributed by atoms with van der Waals surface area (Å²) in [6.07, 6.45) is 4.65. The number of benzene rings is 1.